The lowest BCUT2D eigenvalue weighted by molar-refractivity contribution is 0.111. The highest BCUT2D eigenvalue weighted by molar-refractivity contribution is 6.30. The first kappa shape index (κ1) is 19.0. The molecule has 1 atom stereocenters. The first-order valence-electron chi connectivity index (χ1n) is 8.80. The Labute approximate surface area is 159 Å². The predicted octanol–water partition coefficient (Wildman–Crippen LogP) is 1.87. The van der Waals surface area contributed by atoms with Gasteiger partial charge in [-0.25, -0.2) is 4.68 Å². The number of hydrogen-bond donors (Lipinski definition) is 0. The first-order valence-corrected chi connectivity index (χ1v) is 9.18. The first-order chi connectivity index (χ1) is 12.7. The molecule has 1 aliphatic rings. The van der Waals surface area contributed by atoms with Crippen LogP contribution in [0.25, 0.3) is 0 Å². The molecule has 1 fully saturated rings. The van der Waals surface area contributed by atoms with E-state index in [1.807, 2.05) is 22.9 Å². The number of benzene rings is 1. The molecular weight excluding hydrogens is 352 g/mol. The summed E-state index contributed by atoms with van der Waals surface area (Å²) in [5, 5.41) is 13.1. The fraction of sp³-hybridized carbons (Fsp3) is 0.500. The summed E-state index contributed by atoms with van der Waals surface area (Å²) in [4.78, 5) is 4.83. The minimum Gasteiger partial charge on any atom is -0.383 e. The Morgan fingerprint density at radius 1 is 1.23 bits per heavy atom. The molecule has 1 aromatic heterocycles. The molecule has 0 spiro atoms. The molecule has 140 valence electrons. The average molecular weight is 377 g/mol. The van der Waals surface area contributed by atoms with Crippen molar-refractivity contribution in [1.82, 2.24) is 30.0 Å². The second-order valence-corrected chi connectivity index (χ2v) is 6.77. The van der Waals surface area contributed by atoms with Crippen LogP contribution < -0.4 is 0 Å². The Balaban J connectivity index is 1.87. The van der Waals surface area contributed by atoms with Crippen LogP contribution in [-0.4, -0.2) is 76.4 Å². The van der Waals surface area contributed by atoms with Gasteiger partial charge in [0.05, 0.1) is 19.2 Å². The topological polar surface area (TPSA) is 59.3 Å². The van der Waals surface area contributed by atoms with Gasteiger partial charge in [0.2, 0.25) is 0 Å². The monoisotopic (exact) mass is 376 g/mol. The van der Waals surface area contributed by atoms with Gasteiger partial charge >= 0.3 is 0 Å². The summed E-state index contributed by atoms with van der Waals surface area (Å²) in [6, 6.07) is 7.93. The molecule has 1 aromatic carbocycles. The molecule has 0 saturated carbocycles. The Kier molecular flexibility index (Phi) is 6.73. The van der Waals surface area contributed by atoms with Crippen molar-refractivity contribution < 1.29 is 4.74 Å². The Bertz CT molecular complexity index is 696. The number of aromatic nitrogens is 4. The fourth-order valence-corrected chi connectivity index (χ4v) is 3.43. The van der Waals surface area contributed by atoms with E-state index in [9.17, 15) is 0 Å². The van der Waals surface area contributed by atoms with Gasteiger partial charge in [-0.05, 0) is 28.1 Å². The number of hydrogen-bond acceptors (Lipinski definition) is 6. The molecule has 0 unspecified atom stereocenters. The number of piperazine rings is 1. The van der Waals surface area contributed by atoms with Gasteiger partial charge < -0.3 is 4.74 Å². The van der Waals surface area contributed by atoms with Crippen LogP contribution in [-0.2, 0) is 11.3 Å². The van der Waals surface area contributed by atoms with Crippen molar-refractivity contribution in [2.45, 2.75) is 12.6 Å². The second-order valence-electron chi connectivity index (χ2n) is 6.33. The van der Waals surface area contributed by atoms with Crippen molar-refractivity contribution >= 4 is 11.6 Å². The molecule has 0 bridgehead atoms. The van der Waals surface area contributed by atoms with E-state index >= 15 is 0 Å². The highest BCUT2D eigenvalue weighted by Gasteiger charge is 2.30. The van der Waals surface area contributed by atoms with Crippen molar-refractivity contribution in [3.8, 4) is 0 Å². The molecule has 7 nitrogen and oxygen atoms in total. The molecule has 1 saturated heterocycles. The standard InChI is InChI=1S/C18H25ClN6O/c1-3-8-23-9-11-24(12-10-23)17(15-4-6-16(19)7-5-15)18-20-21-22-25(18)13-14-26-2/h3-7,17H,1,8-14H2,2H3/t17-/m1/s1. The van der Waals surface area contributed by atoms with Crippen LogP contribution in [0.2, 0.25) is 5.02 Å². The van der Waals surface area contributed by atoms with Crippen molar-refractivity contribution in [2.24, 2.45) is 0 Å². The number of methoxy groups -OCH3 is 1. The van der Waals surface area contributed by atoms with E-state index in [4.69, 9.17) is 16.3 Å². The van der Waals surface area contributed by atoms with Gasteiger partial charge in [-0.2, -0.15) is 0 Å². The van der Waals surface area contributed by atoms with Gasteiger partial charge in [-0.3, -0.25) is 9.80 Å². The van der Waals surface area contributed by atoms with E-state index in [0.717, 1.165) is 49.1 Å². The van der Waals surface area contributed by atoms with Crippen LogP contribution in [0, 0.1) is 0 Å². The van der Waals surface area contributed by atoms with Crippen LogP contribution in [0.4, 0.5) is 0 Å². The number of ether oxygens (including phenoxy) is 1. The van der Waals surface area contributed by atoms with Gasteiger partial charge in [0.25, 0.3) is 0 Å². The van der Waals surface area contributed by atoms with E-state index in [1.165, 1.54) is 0 Å². The Morgan fingerprint density at radius 3 is 2.62 bits per heavy atom. The molecule has 0 radical (unpaired) electrons. The summed E-state index contributed by atoms with van der Waals surface area (Å²) >= 11 is 6.09. The third-order valence-electron chi connectivity index (χ3n) is 4.66. The van der Waals surface area contributed by atoms with Crippen molar-refractivity contribution in [3.05, 3.63) is 53.3 Å². The smallest absolute Gasteiger partial charge is 0.173 e. The SMILES string of the molecule is C=CCN1CCN([C@H](c2ccc(Cl)cc2)c2nnnn2CCOC)CC1. The number of halogens is 1. The van der Waals surface area contributed by atoms with E-state index in [0.29, 0.717) is 13.2 Å². The summed E-state index contributed by atoms with van der Waals surface area (Å²) in [6.07, 6.45) is 1.96. The molecule has 0 aliphatic carbocycles. The van der Waals surface area contributed by atoms with Crippen LogP contribution in [0.15, 0.2) is 36.9 Å². The lowest BCUT2D eigenvalue weighted by atomic mass is 10.0. The van der Waals surface area contributed by atoms with Gasteiger partial charge in [-0.15, -0.1) is 11.7 Å². The molecule has 0 amide bonds. The molecule has 8 heteroatoms. The molecule has 0 N–H and O–H groups in total. The van der Waals surface area contributed by atoms with E-state index in [1.54, 1.807) is 7.11 Å². The maximum Gasteiger partial charge on any atom is 0.173 e. The summed E-state index contributed by atoms with van der Waals surface area (Å²) in [5.74, 6) is 0.835. The average Bonchev–Trinajstić information content (AvgIpc) is 3.11. The maximum absolute atomic E-state index is 6.09. The Morgan fingerprint density at radius 2 is 1.96 bits per heavy atom. The zero-order valence-corrected chi connectivity index (χ0v) is 15.8. The van der Waals surface area contributed by atoms with Crippen LogP contribution >= 0.6 is 11.6 Å². The largest absolute Gasteiger partial charge is 0.383 e. The Hall–Kier alpha value is -1.80. The normalized spacial score (nSPS) is 17.3. The quantitative estimate of drug-likeness (QED) is 0.655. The van der Waals surface area contributed by atoms with Crippen molar-refractivity contribution in [2.75, 3.05) is 46.4 Å². The highest BCUT2D eigenvalue weighted by Crippen LogP contribution is 2.29. The van der Waals surface area contributed by atoms with Crippen LogP contribution in [0.5, 0.6) is 0 Å². The summed E-state index contributed by atoms with van der Waals surface area (Å²) in [5.41, 5.74) is 1.14. The lowest BCUT2D eigenvalue weighted by Crippen LogP contribution is -2.48. The number of tetrazole rings is 1. The predicted molar refractivity (Wildman–Crippen MR) is 101 cm³/mol. The number of nitrogens with zero attached hydrogens (tertiary/aromatic N) is 6. The molecular formula is C18H25ClN6O. The summed E-state index contributed by atoms with van der Waals surface area (Å²) in [6.45, 7) is 9.83. The number of rotatable bonds is 8. The summed E-state index contributed by atoms with van der Waals surface area (Å²) in [7, 11) is 1.68. The van der Waals surface area contributed by atoms with E-state index in [2.05, 4.69) is 44.0 Å². The molecule has 26 heavy (non-hydrogen) atoms. The molecule has 2 heterocycles. The highest BCUT2D eigenvalue weighted by atomic mass is 35.5. The molecule has 1 aliphatic heterocycles. The third-order valence-corrected chi connectivity index (χ3v) is 4.91. The second kappa shape index (κ2) is 9.23. The molecule has 3 rings (SSSR count). The third kappa shape index (κ3) is 4.48. The zero-order valence-electron chi connectivity index (χ0n) is 15.1. The lowest BCUT2D eigenvalue weighted by Gasteiger charge is -2.38. The van der Waals surface area contributed by atoms with Gasteiger partial charge in [-0.1, -0.05) is 29.8 Å². The van der Waals surface area contributed by atoms with Crippen molar-refractivity contribution in [1.29, 1.82) is 0 Å². The maximum atomic E-state index is 6.09. The van der Waals surface area contributed by atoms with E-state index < -0.39 is 0 Å². The minimum atomic E-state index is -0.00926. The van der Waals surface area contributed by atoms with E-state index in [-0.39, 0.29) is 6.04 Å². The zero-order chi connectivity index (χ0) is 18.4. The van der Waals surface area contributed by atoms with Crippen molar-refractivity contribution in [3.63, 3.8) is 0 Å². The van der Waals surface area contributed by atoms with Gasteiger partial charge in [0, 0.05) is 44.9 Å². The fourth-order valence-electron chi connectivity index (χ4n) is 3.30. The minimum absolute atomic E-state index is 0.00926. The summed E-state index contributed by atoms with van der Waals surface area (Å²) < 4.78 is 7.03. The van der Waals surface area contributed by atoms with Crippen LogP contribution in [0.1, 0.15) is 17.4 Å². The van der Waals surface area contributed by atoms with Crippen LogP contribution in [0.3, 0.4) is 0 Å². The van der Waals surface area contributed by atoms with Gasteiger partial charge in [0.1, 0.15) is 0 Å². The van der Waals surface area contributed by atoms with Gasteiger partial charge in [0.15, 0.2) is 5.82 Å². The molecule has 2 aromatic rings.